The van der Waals surface area contributed by atoms with Crippen molar-refractivity contribution in [3.05, 3.63) is 36.2 Å². The maximum atomic E-state index is 13.6. The first kappa shape index (κ1) is 14.0. The van der Waals surface area contributed by atoms with Crippen molar-refractivity contribution in [1.29, 1.82) is 0 Å². The van der Waals surface area contributed by atoms with Crippen LogP contribution in [0.1, 0.15) is 6.92 Å². The van der Waals surface area contributed by atoms with Crippen molar-refractivity contribution < 1.29 is 13.5 Å². The Labute approximate surface area is 115 Å². The summed E-state index contributed by atoms with van der Waals surface area (Å²) in [7, 11) is 1.45. The predicted molar refractivity (Wildman–Crippen MR) is 72.4 cm³/mol. The van der Waals surface area contributed by atoms with Gasteiger partial charge in [0.2, 0.25) is 5.75 Å². The van der Waals surface area contributed by atoms with Crippen LogP contribution in [0, 0.1) is 11.6 Å². The molecule has 1 heterocycles. The number of benzene rings is 1. The highest BCUT2D eigenvalue weighted by Gasteiger charge is 2.13. The minimum absolute atomic E-state index is 0.0237. The summed E-state index contributed by atoms with van der Waals surface area (Å²) in [5.74, 6) is -0.0730. The molecule has 0 saturated heterocycles. The van der Waals surface area contributed by atoms with Crippen LogP contribution in [-0.4, -0.2) is 23.6 Å². The lowest BCUT2D eigenvalue weighted by molar-refractivity contribution is 0.415. The van der Waals surface area contributed by atoms with Crippen LogP contribution in [-0.2, 0) is 0 Å². The minimum Gasteiger partial charge on any atom is -0.490 e. The number of methoxy groups -OCH3 is 1. The normalized spacial score (nSPS) is 10.2. The van der Waals surface area contributed by atoms with Gasteiger partial charge in [0.05, 0.1) is 12.8 Å². The Morgan fingerprint density at radius 1 is 1.20 bits per heavy atom. The molecule has 20 heavy (non-hydrogen) atoms. The first-order valence-corrected chi connectivity index (χ1v) is 6.00. The Morgan fingerprint density at radius 3 is 2.65 bits per heavy atom. The summed E-state index contributed by atoms with van der Waals surface area (Å²) in [4.78, 5) is 8.01. The van der Waals surface area contributed by atoms with Gasteiger partial charge in [-0.1, -0.05) is 0 Å². The highest BCUT2D eigenvalue weighted by atomic mass is 19.1. The van der Waals surface area contributed by atoms with Crippen LogP contribution in [0.5, 0.6) is 5.75 Å². The minimum atomic E-state index is -0.586. The fraction of sp³-hybridized carbons (Fsp3) is 0.231. The quantitative estimate of drug-likeness (QED) is 0.881. The first-order valence-electron chi connectivity index (χ1n) is 6.00. The molecule has 0 atom stereocenters. The highest BCUT2D eigenvalue weighted by molar-refractivity contribution is 5.69. The average Bonchev–Trinajstić information content (AvgIpc) is 2.43. The first-order chi connectivity index (χ1) is 9.65. The lowest BCUT2D eigenvalue weighted by Gasteiger charge is -2.13. The van der Waals surface area contributed by atoms with Crippen molar-refractivity contribution >= 4 is 17.3 Å². The Kier molecular flexibility index (Phi) is 4.29. The zero-order valence-corrected chi connectivity index (χ0v) is 11.1. The molecule has 0 fully saturated rings. The second-order valence-corrected chi connectivity index (χ2v) is 3.88. The van der Waals surface area contributed by atoms with Gasteiger partial charge in [-0.15, -0.1) is 0 Å². The van der Waals surface area contributed by atoms with E-state index in [1.807, 2.05) is 6.92 Å². The number of hydrogen-bond donors (Lipinski definition) is 2. The molecular formula is C13H14F2N4O. The molecule has 0 spiro atoms. The molecule has 1 aromatic heterocycles. The molecule has 2 rings (SSSR count). The van der Waals surface area contributed by atoms with Crippen LogP contribution in [0.2, 0.25) is 0 Å². The summed E-state index contributed by atoms with van der Waals surface area (Å²) in [6.07, 6.45) is 1.31. The molecule has 2 N–H and O–H groups in total. The van der Waals surface area contributed by atoms with Crippen molar-refractivity contribution in [3.63, 3.8) is 0 Å². The van der Waals surface area contributed by atoms with Crippen LogP contribution >= 0.6 is 0 Å². The molecule has 1 aromatic carbocycles. The molecule has 0 aliphatic rings. The monoisotopic (exact) mass is 280 g/mol. The molecular weight excluding hydrogens is 266 g/mol. The third kappa shape index (κ3) is 2.93. The largest absolute Gasteiger partial charge is 0.490 e. The number of ether oxygens (including phenoxy) is 1. The summed E-state index contributed by atoms with van der Waals surface area (Å²) < 4.78 is 32.0. The number of halogens is 2. The van der Waals surface area contributed by atoms with E-state index < -0.39 is 11.6 Å². The maximum Gasteiger partial charge on any atom is 0.204 e. The van der Waals surface area contributed by atoms with Gasteiger partial charge >= 0.3 is 0 Å². The van der Waals surface area contributed by atoms with Crippen molar-refractivity contribution in [2.45, 2.75) is 6.92 Å². The fourth-order valence-corrected chi connectivity index (χ4v) is 1.67. The SMILES string of the molecule is CCNc1ncnc(Nc2cc(F)ccc2F)c1OC. The van der Waals surface area contributed by atoms with Crippen LogP contribution < -0.4 is 15.4 Å². The van der Waals surface area contributed by atoms with E-state index in [9.17, 15) is 8.78 Å². The summed E-state index contributed by atoms with van der Waals surface area (Å²) in [5.41, 5.74) is -0.0237. The van der Waals surface area contributed by atoms with Crippen LogP contribution in [0.15, 0.2) is 24.5 Å². The zero-order chi connectivity index (χ0) is 14.5. The smallest absolute Gasteiger partial charge is 0.204 e. The van der Waals surface area contributed by atoms with Crippen LogP contribution in [0.3, 0.4) is 0 Å². The number of nitrogens with one attached hydrogen (secondary N) is 2. The maximum absolute atomic E-state index is 13.6. The van der Waals surface area contributed by atoms with E-state index >= 15 is 0 Å². The van der Waals surface area contributed by atoms with Gasteiger partial charge < -0.3 is 15.4 Å². The standard InChI is InChI=1S/C13H14F2N4O/c1-3-16-12-11(20-2)13(18-7-17-12)19-10-6-8(14)4-5-9(10)15/h4-7H,3H2,1-2H3,(H2,16,17,18,19). The van der Waals surface area contributed by atoms with E-state index in [0.717, 1.165) is 18.2 Å². The molecule has 0 bridgehead atoms. The Balaban J connectivity index is 2.37. The number of aromatic nitrogens is 2. The van der Waals surface area contributed by atoms with Gasteiger partial charge in [-0.3, -0.25) is 0 Å². The second kappa shape index (κ2) is 6.14. The van der Waals surface area contributed by atoms with E-state index in [0.29, 0.717) is 18.1 Å². The Morgan fingerprint density at radius 2 is 1.95 bits per heavy atom. The van der Waals surface area contributed by atoms with E-state index in [-0.39, 0.29) is 11.5 Å². The Hall–Kier alpha value is -2.44. The lowest BCUT2D eigenvalue weighted by atomic mass is 10.3. The number of nitrogens with zero attached hydrogens (tertiary/aromatic N) is 2. The third-order valence-corrected chi connectivity index (χ3v) is 2.53. The van der Waals surface area contributed by atoms with Gasteiger partial charge in [0.1, 0.15) is 18.0 Å². The number of rotatable bonds is 5. The van der Waals surface area contributed by atoms with Crippen LogP contribution in [0.4, 0.5) is 26.1 Å². The van der Waals surface area contributed by atoms with Crippen molar-refractivity contribution in [2.75, 3.05) is 24.3 Å². The zero-order valence-electron chi connectivity index (χ0n) is 11.1. The van der Waals surface area contributed by atoms with E-state index in [1.165, 1.54) is 13.4 Å². The van der Waals surface area contributed by atoms with Crippen molar-refractivity contribution in [3.8, 4) is 5.75 Å². The molecule has 0 amide bonds. The third-order valence-electron chi connectivity index (χ3n) is 2.53. The van der Waals surface area contributed by atoms with Gasteiger partial charge in [0.25, 0.3) is 0 Å². The fourth-order valence-electron chi connectivity index (χ4n) is 1.67. The lowest BCUT2D eigenvalue weighted by Crippen LogP contribution is -2.06. The summed E-state index contributed by atoms with van der Waals surface area (Å²) >= 11 is 0. The van der Waals surface area contributed by atoms with E-state index in [4.69, 9.17) is 4.74 Å². The van der Waals surface area contributed by atoms with Crippen LogP contribution in [0.25, 0.3) is 0 Å². The summed E-state index contributed by atoms with van der Waals surface area (Å²) in [6, 6.07) is 3.13. The van der Waals surface area contributed by atoms with Crippen molar-refractivity contribution in [2.24, 2.45) is 0 Å². The van der Waals surface area contributed by atoms with Gasteiger partial charge in [-0.25, -0.2) is 18.7 Å². The van der Waals surface area contributed by atoms with Gasteiger partial charge in [-0.05, 0) is 19.1 Å². The molecule has 5 nitrogen and oxygen atoms in total. The van der Waals surface area contributed by atoms with E-state index in [1.54, 1.807) is 0 Å². The Bertz CT molecular complexity index is 607. The molecule has 0 unspecified atom stereocenters. The molecule has 2 aromatic rings. The van der Waals surface area contributed by atoms with Gasteiger partial charge in [0.15, 0.2) is 11.6 Å². The molecule has 0 aliphatic heterocycles. The predicted octanol–water partition coefficient (Wildman–Crippen LogP) is 2.94. The molecule has 0 saturated carbocycles. The number of hydrogen-bond acceptors (Lipinski definition) is 5. The molecule has 0 aliphatic carbocycles. The highest BCUT2D eigenvalue weighted by Crippen LogP contribution is 2.31. The molecule has 0 radical (unpaired) electrons. The van der Waals surface area contributed by atoms with Gasteiger partial charge in [0, 0.05) is 12.6 Å². The topological polar surface area (TPSA) is 59.1 Å². The molecule has 106 valence electrons. The van der Waals surface area contributed by atoms with Gasteiger partial charge in [-0.2, -0.15) is 0 Å². The molecule has 7 heteroatoms. The number of anilines is 3. The second-order valence-electron chi connectivity index (χ2n) is 3.88. The summed E-state index contributed by atoms with van der Waals surface area (Å²) in [6.45, 7) is 2.54. The average molecular weight is 280 g/mol. The van der Waals surface area contributed by atoms with E-state index in [2.05, 4.69) is 20.6 Å². The summed E-state index contributed by atoms with van der Waals surface area (Å²) in [5, 5.41) is 5.70. The van der Waals surface area contributed by atoms with Crippen molar-refractivity contribution in [1.82, 2.24) is 9.97 Å².